The Morgan fingerprint density at radius 2 is 1.96 bits per heavy atom. The van der Waals surface area contributed by atoms with Crippen LogP contribution in [-0.2, 0) is 19.1 Å². The molecule has 2 atom stereocenters. The Labute approximate surface area is 154 Å². The predicted molar refractivity (Wildman–Crippen MR) is 94.6 cm³/mol. The second-order valence-electron chi connectivity index (χ2n) is 5.62. The first-order chi connectivity index (χ1) is 11.9. The molecule has 0 amide bonds. The Morgan fingerprint density at radius 3 is 2.52 bits per heavy atom. The van der Waals surface area contributed by atoms with Crippen molar-refractivity contribution in [3.8, 4) is 0 Å². The van der Waals surface area contributed by atoms with Gasteiger partial charge in [-0.2, -0.15) is 0 Å². The summed E-state index contributed by atoms with van der Waals surface area (Å²) in [5.74, 6) is -1.85. The number of halogens is 1. The van der Waals surface area contributed by atoms with Crippen LogP contribution < -0.4 is 5.32 Å². The van der Waals surface area contributed by atoms with Crippen molar-refractivity contribution in [2.24, 2.45) is 0 Å². The van der Waals surface area contributed by atoms with Crippen LogP contribution in [0.2, 0.25) is 5.02 Å². The lowest BCUT2D eigenvalue weighted by atomic mass is 10.1. The Bertz CT molecular complexity index is 670. The largest absolute Gasteiger partial charge is 0.392 e. The molecule has 0 spiro atoms. The molecule has 8 heteroatoms. The molecule has 1 aliphatic heterocycles. The summed E-state index contributed by atoms with van der Waals surface area (Å²) >= 11 is 6.54. The van der Waals surface area contributed by atoms with Crippen LogP contribution in [0.1, 0.15) is 36.5 Å². The summed E-state index contributed by atoms with van der Waals surface area (Å²) in [5, 5.41) is 2.16. The predicted octanol–water partition coefficient (Wildman–Crippen LogP) is 2.38. The van der Waals surface area contributed by atoms with Crippen molar-refractivity contribution < 1.29 is 23.9 Å². The second-order valence-corrected chi connectivity index (χ2v) is 7.43. The molecule has 1 unspecified atom stereocenters. The summed E-state index contributed by atoms with van der Waals surface area (Å²) in [6, 6.07) is 5.67. The van der Waals surface area contributed by atoms with Crippen LogP contribution in [0.25, 0.3) is 0 Å². The topological polar surface area (TPSA) is 89.5 Å². The molecule has 1 saturated heterocycles. The zero-order chi connectivity index (χ0) is 18.4. The summed E-state index contributed by atoms with van der Waals surface area (Å²) in [6.45, 7) is 2.01. The van der Waals surface area contributed by atoms with E-state index in [1.54, 1.807) is 12.1 Å². The van der Waals surface area contributed by atoms with Crippen molar-refractivity contribution in [3.63, 3.8) is 0 Å². The minimum Gasteiger partial charge on any atom is -0.392 e. The van der Waals surface area contributed by atoms with Gasteiger partial charge in [0, 0.05) is 17.5 Å². The van der Waals surface area contributed by atoms with Crippen LogP contribution in [0.4, 0.5) is 0 Å². The van der Waals surface area contributed by atoms with Crippen molar-refractivity contribution >= 4 is 46.2 Å². The minimum atomic E-state index is -0.949. The van der Waals surface area contributed by atoms with Gasteiger partial charge in [0.05, 0.1) is 11.7 Å². The summed E-state index contributed by atoms with van der Waals surface area (Å²) in [4.78, 5) is 47.8. The van der Waals surface area contributed by atoms with Gasteiger partial charge in [0.15, 0.2) is 10.9 Å². The zero-order valence-electron chi connectivity index (χ0n) is 13.6. The summed E-state index contributed by atoms with van der Waals surface area (Å²) in [5.41, 5.74) is 0.333. The van der Waals surface area contributed by atoms with Gasteiger partial charge in [0.2, 0.25) is 0 Å². The van der Waals surface area contributed by atoms with Gasteiger partial charge in [-0.1, -0.05) is 23.4 Å². The number of rotatable bonds is 6. The second kappa shape index (κ2) is 9.12. The third-order valence-electron chi connectivity index (χ3n) is 3.64. The highest BCUT2D eigenvalue weighted by Crippen LogP contribution is 2.22. The molecule has 0 bridgehead atoms. The monoisotopic (exact) mass is 383 g/mol. The van der Waals surface area contributed by atoms with Gasteiger partial charge < -0.3 is 10.1 Å². The smallest absolute Gasteiger partial charge is 0.330 e. The molecule has 0 radical (unpaired) electrons. The highest BCUT2D eigenvalue weighted by molar-refractivity contribution is 8.14. The number of ketones is 1. The van der Waals surface area contributed by atoms with Crippen LogP contribution >= 0.6 is 23.4 Å². The Balaban J connectivity index is 2.02. The fraction of sp³-hybridized carbons (Fsp3) is 0.412. The Morgan fingerprint density at radius 1 is 1.28 bits per heavy atom. The molecule has 1 aromatic rings. The van der Waals surface area contributed by atoms with Crippen molar-refractivity contribution in [2.75, 3.05) is 6.54 Å². The molecular weight excluding hydrogens is 366 g/mol. The van der Waals surface area contributed by atoms with E-state index < -0.39 is 23.2 Å². The number of hydrogen-bond donors (Lipinski definition) is 1. The maximum absolute atomic E-state index is 12.5. The van der Waals surface area contributed by atoms with Crippen LogP contribution in [0.15, 0.2) is 24.3 Å². The lowest BCUT2D eigenvalue weighted by Gasteiger charge is -2.14. The Hall–Kier alpha value is -1.70. The van der Waals surface area contributed by atoms with E-state index in [-0.39, 0.29) is 17.3 Å². The summed E-state index contributed by atoms with van der Waals surface area (Å²) in [6.07, 6.45) is 1.09. The molecule has 1 N–H and O–H groups in total. The van der Waals surface area contributed by atoms with Crippen LogP contribution in [0.3, 0.4) is 0 Å². The molecule has 1 fully saturated rings. The van der Waals surface area contributed by atoms with Crippen molar-refractivity contribution in [1.82, 2.24) is 5.32 Å². The van der Waals surface area contributed by atoms with Gasteiger partial charge in [0.1, 0.15) is 6.04 Å². The van der Waals surface area contributed by atoms with E-state index in [1.807, 2.05) is 0 Å². The normalized spacial score (nSPS) is 17.8. The molecule has 0 aromatic heterocycles. The van der Waals surface area contributed by atoms with E-state index in [1.165, 1.54) is 19.1 Å². The first-order valence-corrected chi connectivity index (χ1v) is 9.07. The highest BCUT2D eigenvalue weighted by Gasteiger charge is 2.30. The van der Waals surface area contributed by atoms with Crippen LogP contribution in [-0.4, -0.2) is 40.7 Å². The van der Waals surface area contributed by atoms with Crippen LogP contribution in [0, 0.1) is 0 Å². The first-order valence-electron chi connectivity index (χ1n) is 7.81. The van der Waals surface area contributed by atoms with E-state index in [4.69, 9.17) is 16.3 Å². The number of nitrogens with one attached hydrogen (secondary N) is 1. The van der Waals surface area contributed by atoms with Gasteiger partial charge >= 0.3 is 11.9 Å². The number of carbonyl (C=O) groups excluding carboxylic acids is 4. The van der Waals surface area contributed by atoms with E-state index in [9.17, 15) is 19.2 Å². The van der Waals surface area contributed by atoms with E-state index >= 15 is 0 Å². The standard InChI is InChI=1S/C17H18ClNO5S/c1-10(20)25-14(16(22)11-4-6-12(18)7-5-11)9-15(21)24-17(23)13-3-2-8-19-13/h4-7,13-14,19H,2-3,8-9H2,1H3/t13-,14?/m0/s1. The maximum Gasteiger partial charge on any atom is 0.330 e. The fourth-order valence-electron chi connectivity index (χ4n) is 2.45. The summed E-state index contributed by atoms with van der Waals surface area (Å²) in [7, 11) is 0. The molecule has 6 nitrogen and oxygen atoms in total. The number of carbonyl (C=O) groups is 4. The molecular formula is C17H18ClNO5S. The van der Waals surface area contributed by atoms with Crippen molar-refractivity contribution in [1.29, 1.82) is 0 Å². The zero-order valence-corrected chi connectivity index (χ0v) is 15.2. The lowest BCUT2D eigenvalue weighted by molar-refractivity contribution is -0.160. The lowest BCUT2D eigenvalue weighted by Crippen LogP contribution is -2.35. The maximum atomic E-state index is 12.5. The van der Waals surface area contributed by atoms with Gasteiger partial charge in [-0.25, -0.2) is 4.79 Å². The first kappa shape index (κ1) is 19.6. The molecule has 0 saturated carbocycles. The molecule has 2 rings (SSSR count). The summed E-state index contributed by atoms with van der Waals surface area (Å²) < 4.78 is 4.81. The number of benzene rings is 1. The number of Topliss-reactive ketones (excluding diaryl/α,β-unsaturated/α-hetero) is 1. The van der Waals surface area contributed by atoms with Gasteiger partial charge in [-0.3, -0.25) is 14.4 Å². The van der Waals surface area contributed by atoms with Gasteiger partial charge in [-0.15, -0.1) is 0 Å². The number of thioether (sulfide) groups is 1. The molecule has 0 aliphatic carbocycles. The average molecular weight is 384 g/mol. The van der Waals surface area contributed by atoms with Gasteiger partial charge in [0.25, 0.3) is 0 Å². The highest BCUT2D eigenvalue weighted by atomic mass is 35.5. The molecule has 1 aliphatic rings. The average Bonchev–Trinajstić information content (AvgIpc) is 3.08. The molecule has 25 heavy (non-hydrogen) atoms. The van der Waals surface area contributed by atoms with Crippen molar-refractivity contribution in [2.45, 2.75) is 37.5 Å². The Kier molecular flexibility index (Phi) is 7.16. The molecule has 1 aromatic carbocycles. The van der Waals surface area contributed by atoms with E-state index in [0.717, 1.165) is 18.2 Å². The molecule has 1 heterocycles. The quantitative estimate of drug-likeness (QED) is 0.458. The number of hydrogen-bond acceptors (Lipinski definition) is 7. The third-order valence-corrected chi connectivity index (χ3v) is 4.89. The fourth-order valence-corrected chi connectivity index (χ4v) is 3.44. The third kappa shape index (κ3) is 5.95. The SMILES string of the molecule is CC(=O)SC(CC(=O)OC(=O)[C@@H]1CCCN1)C(=O)c1ccc(Cl)cc1. The number of ether oxygens (including phenoxy) is 1. The minimum absolute atomic E-state index is 0.302. The van der Waals surface area contributed by atoms with E-state index in [0.29, 0.717) is 23.6 Å². The van der Waals surface area contributed by atoms with Crippen LogP contribution in [0.5, 0.6) is 0 Å². The molecule has 134 valence electrons. The van der Waals surface area contributed by atoms with E-state index in [2.05, 4.69) is 5.32 Å². The van der Waals surface area contributed by atoms with Gasteiger partial charge in [-0.05, 0) is 43.7 Å². The number of esters is 2. The van der Waals surface area contributed by atoms with Crippen molar-refractivity contribution in [3.05, 3.63) is 34.9 Å².